The van der Waals surface area contributed by atoms with Gasteiger partial charge in [0.2, 0.25) is 5.91 Å². The van der Waals surface area contributed by atoms with Gasteiger partial charge in [-0.2, -0.15) is 18.3 Å². The second-order valence-electron chi connectivity index (χ2n) is 12.9. The van der Waals surface area contributed by atoms with Crippen LogP contribution in [0.2, 0.25) is 0 Å². The fourth-order valence-electron chi connectivity index (χ4n) is 6.16. The molecule has 2 atom stereocenters. The molecule has 9 nitrogen and oxygen atoms in total. The number of fused-ring (bicyclic) bond motifs is 1. The zero-order chi connectivity index (χ0) is 34.8. The number of carbonyl (C=O) groups excluding carboxylic acids is 1. The van der Waals surface area contributed by atoms with Crippen molar-refractivity contribution in [3.63, 3.8) is 0 Å². The number of rotatable bonds is 12. The molecular weight excluding hydrogens is 611 g/mol. The van der Waals surface area contributed by atoms with E-state index in [0.29, 0.717) is 23.7 Å². The van der Waals surface area contributed by atoms with Crippen molar-refractivity contribution in [2.75, 3.05) is 20.6 Å². The molecule has 2 N–H and O–H groups in total. The SMILES string of the molecule is Cc1cccc(C)c1-c1cc([C@H](CC(=O)O)NC(=O)[C@@H](CC(C)C)n2cc(CCN(C)C)c(C(F)(F)F)cc2=O)c2c(cnn2C)c1. The molecule has 47 heavy (non-hydrogen) atoms. The Kier molecular flexibility index (Phi) is 10.6. The van der Waals surface area contributed by atoms with Crippen molar-refractivity contribution in [2.24, 2.45) is 13.0 Å². The predicted octanol–water partition coefficient (Wildman–Crippen LogP) is 6.06. The lowest BCUT2D eigenvalue weighted by Crippen LogP contribution is -2.40. The van der Waals surface area contributed by atoms with E-state index in [1.807, 2.05) is 58.0 Å². The molecule has 0 fully saturated rings. The third-order valence-corrected chi connectivity index (χ3v) is 8.33. The van der Waals surface area contributed by atoms with Crippen molar-refractivity contribution in [2.45, 2.75) is 65.2 Å². The van der Waals surface area contributed by atoms with Crippen molar-refractivity contribution in [3.05, 3.63) is 87.0 Å². The van der Waals surface area contributed by atoms with Gasteiger partial charge in [0.15, 0.2) is 0 Å². The first-order chi connectivity index (χ1) is 22.0. The quantitative estimate of drug-likeness (QED) is 0.192. The van der Waals surface area contributed by atoms with Crippen molar-refractivity contribution in [1.29, 1.82) is 0 Å². The van der Waals surface area contributed by atoms with Gasteiger partial charge in [-0.15, -0.1) is 0 Å². The number of hydrogen-bond acceptors (Lipinski definition) is 5. The number of halogens is 3. The van der Waals surface area contributed by atoms with E-state index in [-0.39, 0.29) is 24.3 Å². The van der Waals surface area contributed by atoms with Gasteiger partial charge in [-0.3, -0.25) is 19.1 Å². The number of benzene rings is 2. The van der Waals surface area contributed by atoms with Crippen molar-refractivity contribution in [3.8, 4) is 11.1 Å². The van der Waals surface area contributed by atoms with E-state index < -0.39 is 47.7 Å². The lowest BCUT2D eigenvalue weighted by atomic mass is 9.90. The smallest absolute Gasteiger partial charge is 0.416 e. The molecule has 0 saturated heterocycles. The minimum Gasteiger partial charge on any atom is -0.481 e. The van der Waals surface area contributed by atoms with Gasteiger partial charge < -0.3 is 19.9 Å². The molecule has 2 heterocycles. The molecule has 4 rings (SSSR count). The molecule has 2 aromatic heterocycles. The van der Waals surface area contributed by atoms with Crippen molar-refractivity contribution in [1.82, 2.24) is 24.6 Å². The molecule has 0 spiro atoms. The molecule has 0 aliphatic heterocycles. The number of alkyl halides is 3. The highest BCUT2D eigenvalue weighted by Gasteiger charge is 2.36. The highest BCUT2D eigenvalue weighted by Crippen LogP contribution is 2.36. The van der Waals surface area contributed by atoms with E-state index in [1.54, 1.807) is 36.9 Å². The number of pyridine rings is 1. The van der Waals surface area contributed by atoms with Crippen LogP contribution < -0.4 is 10.9 Å². The number of aryl methyl sites for hydroxylation is 3. The van der Waals surface area contributed by atoms with Crippen LogP contribution in [0.5, 0.6) is 0 Å². The van der Waals surface area contributed by atoms with Gasteiger partial charge in [-0.1, -0.05) is 32.0 Å². The van der Waals surface area contributed by atoms with E-state index >= 15 is 0 Å². The average Bonchev–Trinajstić information content (AvgIpc) is 3.33. The zero-order valence-corrected chi connectivity index (χ0v) is 27.8. The Morgan fingerprint density at radius 3 is 2.32 bits per heavy atom. The van der Waals surface area contributed by atoms with Gasteiger partial charge in [0, 0.05) is 36.8 Å². The summed E-state index contributed by atoms with van der Waals surface area (Å²) < 4.78 is 44.6. The number of nitrogens with one attached hydrogen (secondary N) is 1. The van der Waals surface area contributed by atoms with Gasteiger partial charge in [0.1, 0.15) is 6.04 Å². The maximum atomic E-state index is 14.2. The lowest BCUT2D eigenvalue weighted by molar-refractivity contribution is -0.139. The summed E-state index contributed by atoms with van der Waals surface area (Å²) in [6.07, 6.45) is -2.29. The van der Waals surface area contributed by atoms with E-state index in [1.165, 1.54) is 0 Å². The van der Waals surface area contributed by atoms with Crippen molar-refractivity contribution < 1.29 is 27.9 Å². The summed E-state index contributed by atoms with van der Waals surface area (Å²) in [6.45, 7) is 7.93. The molecule has 0 aliphatic carbocycles. The van der Waals surface area contributed by atoms with Crippen LogP contribution in [0.15, 0.2) is 53.6 Å². The van der Waals surface area contributed by atoms with E-state index in [2.05, 4.69) is 10.4 Å². The molecule has 0 aliphatic rings. The average molecular weight is 654 g/mol. The number of likely N-dealkylation sites (N-methyl/N-ethyl adjacent to an activating group) is 1. The van der Waals surface area contributed by atoms with Crippen LogP contribution in [0.3, 0.4) is 0 Å². The van der Waals surface area contributed by atoms with Gasteiger partial charge in [-0.05, 0) is 86.7 Å². The van der Waals surface area contributed by atoms with Gasteiger partial charge >= 0.3 is 12.1 Å². The Labute approximate surface area is 272 Å². The lowest BCUT2D eigenvalue weighted by Gasteiger charge is -2.27. The topological polar surface area (TPSA) is 109 Å². The van der Waals surface area contributed by atoms with Gasteiger partial charge in [-0.25, -0.2) is 0 Å². The number of nitrogens with zero attached hydrogens (tertiary/aromatic N) is 4. The van der Waals surface area contributed by atoms with Crippen LogP contribution in [0.1, 0.15) is 66.6 Å². The summed E-state index contributed by atoms with van der Waals surface area (Å²) in [4.78, 5) is 41.4. The predicted molar refractivity (Wildman–Crippen MR) is 175 cm³/mol. The zero-order valence-electron chi connectivity index (χ0n) is 27.8. The van der Waals surface area contributed by atoms with Crippen LogP contribution in [0.4, 0.5) is 13.2 Å². The number of hydrogen-bond donors (Lipinski definition) is 2. The van der Waals surface area contributed by atoms with Crippen LogP contribution in [-0.4, -0.2) is 56.9 Å². The molecule has 0 saturated carbocycles. The molecule has 4 aromatic rings. The molecular formula is C35H42F3N5O4. The first kappa shape index (κ1) is 35.4. The van der Waals surface area contributed by atoms with Crippen LogP contribution in [-0.2, 0) is 29.2 Å². The molecule has 0 radical (unpaired) electrons. The summed E-state index contributed by atoms with van der Waals surface area (Å²) >= 11 is 0. The second-order valence-corrected chi connectivity index (χ2v) is 12.9. The third kappa shape index (κ3) is 8.10. The highest BCUT2D eigenvalue weighted by molar-refractivity contribution is 5.90. The molecule has 0 bridgehead atoms. The monoisotopic (exact) mass is 653 g/mol. The second kappa shape index (κ2) is 14.1. The number of carboxylic acids is 1. The molecule has 252 valence electrons. The Morgan fingerprint density at radius 2 is 1.74 bits per heavy atom. The van der Waals surface area contributed by atoms with Crippen molar-refractivity contribution >= 4 is 22.8 Å². The number of aliphatic carboxylic acids is 1. The number of carbonyl (C=O) groups is 2. The Balaban J connectivity index is 1.85. The molecule has 12 heteroatoms. The maximum Gasteiger partial charge on any atom is 0.416 e. The number of carboxylic acid groups (broad SMARTS) is 1. The van der Waals surface area contributed by atoms with E-state index in [9.17, 15) is 32.7 Å². The Morgan fingerprint density at radius 1 is 1.09 bits per heavy atom. The first-order valence-corrected chi connectivity index (χ1v) is 15.5. The standard InChI is InChI=1S/C35H42F3N5O4/c1-20(2)13-29(43-19-23(11-12-41(5)6)27(16-30(43)44)35(36,37)38)34(47)40-28(17-31(45)46)26-15-24(14-25-18-39-42(7)33(25)26)32-21(3)9-8-10-22(32)4/h8-10,14-16,18-20,28-29H,11-13,17H2,1-7H3,(H,40,47)(H,45,46)/t28-,29+/m0/s1. The van der Waals surface area contributed by atoms with Gasteiger partial charge in [0.25, 0.3) is 5.56 Å². The van der Waals surface area contributed by atoms with Crippen LogP contribution in [0, 0.1) is 19.8 Å². The summed E-state index contributed by atoms with van der Waals surface area (Å²) in [5, 5.41) is 18.0. The van der Waals surface area contributed by atoms with E-state index in [4.69, 9.17) is 0 Å². The molecule has 1 amide bonds. The Hall–Kier alpha value is -4.45. The first-order valence-electron chi connectivity index (χ1n) is 15.5. The van der Waals surface area contributed by atoms with Crippen LogP contribution >= 0.6 is 0 Å². The Bertz CT molecular complexity index is 1820. The summed E-state index contributed by atoms with van der Waals surface area (Å²) in [5.41, 5.74) is 2.87. The highest BCUT2D eigenvalue weighted by atomic mass is 19.4. The summed E-state index contributed by atoms with van der Waals surface area (Å²) in [6, 6.07) is 8.06. The minimum atomic E-state index is -4.75. The summed E-state index contributed by atoms with van der Waals surface area (Å²) in [5.74, 6) is -1.96. The number of amides is 1. The number of aromatic nitrogens is 3. The largest absolute Gasteiger partial charge is 0.481 e. The minimum absolute atomic E-state index is 0.00334. The van der Waals surface area contributed by atoms with Gasteiger partial charge in [0.05, 0.1) is 29.7 Å². The third-order valence-electron chi connectivity index (χ3n) is 8.33. The molecule has 2 aromatic carbocycles. The molecule has 0 unspecified atom stereocenters. The van der Waals surface area contributed by atoms with E-state index in [0.717, 1.165) is 38.4 Å². The maximum absolute atomic E-state index is 14.2. The fraction of sp³-hybridized carbons (Fsp3) is 0.429. The normalized spacial score (nSPS) is 13.4. The summed E-state index contributed by atoms with van der Waals surface area (Å²) in [7, 11) is 5.19. The fourth-order valence-corrected chi connectivity index (χ4v) is 6.16. The van der Waals surface area contributed by atoms with Crippen LogP contribution in [0.25, 0.3) is 22.0 Å².